The highest BCUT2D eigenvalue weighted by molar-refractivity contribution is 7.99. The monoisotopic (exact) mass is 454 g/mol. The van der Waals surface area contributed by atoms with Gasteiger partial charge < -0.3 is 19.4 Å². The van der Waals surface area contributed by atoms with Crippen LogP contribution in [0.15, 0.2) is 47.6 Å². The van der Waals surface area contributed by atoms with Crippen LogP contribution in [0.5, 0.6) is 11.5 Å². The van der Waals surface area contributed by atoms with Crippen LogP contribution in [0.25, 0.3) is 0 Å². The van der Waals surface area contributed by atoms with Crippen LogP contribution in [0.4, 0.5) is 5.69 Å². The number of ether oxygens (including phenoxy) is 2. The fourth-order valence-corrected chi connectivity index (χ4v) is 4.09. The van der Waals surface area contributed by atoms with Gasteiger partial charge in [-0.1, -0.05) is 23.9 Å². The number of benzene rings is 2. The Hall–Kier alpha value is -3.00. The number of hydrogen-bond donors (Lipinski definition) is 1. The molecule has 0 bridgehead atoms. The van der Waals surface area contributed by atoms with Crippen LogP contribution in [-0.2, 0) is 24.7 Å². The third-order valence-electron chi connectivity index (χ3n) is 5.03. The Morgan fingerprint density at radius 2 is 1.91 bits per heavy atom. The van der Waals surface area contributed by atoms with Gasteiger partial charge in [0.1, 0.15) is 17.3 Å². The molecule has 0 aliphatic rings. The number of nitrogens with one attached hydrogen (secondary N) is 1. The molecule has 1 heterocycles. The van der Waals surface area contributed by atoms with Gasteiger partial charge >= 0.3 is 0 Å². The smallest absolute Gasteiger partial charge is 0.234 e. The normalized spacial score (nSPS) is 10.8. The van der Waals surface area contributed by atoms with Crippen molar-refractivity contribution in [2.75, 3.05) is 24.8 Å². The standard InChI is InChI=1S/C24H30N4O3S/c1-5-31-20-12-10-19(11-13-20)25-23(29)16-32-24-27-26-22(28(24)3)8-6-7-18-9-14-21(30-4)17(2)15-18/h9-15H,5-8,16H2,1-4H3,(H,25,29). The zero-order chi connectivity index (χ0) is 22.9. The zero-order valence-corrected chi connectivity index (χ0v) is 19.9. The Labute approximate surface area is 193 Å². The number of anilines is 1. The number of nitrogens with zero attached hydrogens (tertiary/aromatic N) is 3. The molecule has 1 amide bonds. The molecule has 1 N–H and O–H groups in total. The molecule has 0 spiro atoms. The molecule has 0 aliphatic heterocycles. The van der Waals surface area contributed by atoms with E-state index in [2.05, 4.69) is 34.6 Å². The molecule has 0 saturated heterocycles. The van der Waals surface area contributed by atoms with E-state index in [1.54, 1.807) is 7.11 Å². The summed E-state index contributed by atoms with van der Waals surface area (Å²) in [5.74, 6) is 2.80. The molecule has 3 aromatic rings. The van der Waals surface area contributed by atoms with Crippen molar-refractivity contribution >= 4 is 23.4 Å². The van der Waals surface area contributed by atoms with Crippen molar-refractivity contribution in [3.05, 3.63) is 59.4 Å². The van der Waals surface area contributed by atoms with Gasteiger partial charge in [-0.05, 0) is 68.1 Å². The minimum atomic E-state index is -0.0846. The first-order chi connectivity index (χ1) is 15.5. The lowest BCUT2D eigenvalue weighted by atomic mass is 10.0. The largest absolute Gasteiger partial charge is 0.496 e. The molecular weight excluding hydrogens is 424 g/mol. The van der Waals surface area contributed by atoms with Gasteiger partial charge in [-0.2, -0.15) is 0 Å². The van der Waals surface area contributed by atoms with Crippen molar-refractivity contribution in [1.82, 2.24) is 14.8 Å². The number of thioether (sulfide) groups is 1. The van der Waals surface area contributed by atoms with Crippen LogP contribution in [0.1, 0.15) is 30.3 Å². The average Bonchev–Trinajstić information content (AvgIpc) is 3.13. The average molecular weight is 455 g/mol. The fourth-order valence-electron chi connectivity index (χ4n) is 3.36. The van der Waals surface area contributed by atoms with Crippen molar-refractivity contribution in [2.45, 2.75) is 38.3 Å². The number of hydrogen-bond acceptors (Lipinski definition) is 6. The van der Waals surface area contributed by atoms with Crippen LogP contribution in [0.2, 0.25) is 0 Å². The van der Waals surface area contributed by atoms with Gasteiger partial charge in [-0.25, -0.2) is 0 Å². The van der Waals surface area contributed by atoms with Crippen molar-refractivity contribution in [3.63, 3.8) is 0 Å². The maximum atomic E-state index is 12.3. The topological polar surface area (TPSA) is 78.3 Å². The fraction of sp³-hybridized carbons (Fsp3) is 0.375. The summed E-state index contributed by atoms with van der Waals surface area (Å²) < 4.78 is 12.7. The summed E-state index contributed by atoms with van der Waals surface area (Å²) >= 11 is 1.38. The van der Waals surface area contributed by atoms with Gasteiger partial charge in [0.05, 0.1) is 19.5 Å². The van der Waals surface area contributed by atoms with Crippen LogP contribution in [0, 0.1) is 6.92 Å². The summed E-state index contributed by atoms with van der Waals surface area (Å²) in [5.41, 5.74) is 3.17. The summed E-state index contributed by atoms with van der Waals surface area (Å²) in [5, 5.41) is 12.2. The Morgan fingerprint density at radius 3 is 2.59 bits per heavy atom. The van der Waals surface area contributed by atoms with E-state index in [4.69, 9.17) is 9.47 Å². The molecule has 8 heteroatoms. The summed E-state index contributed by atoms with van der Waals surface area (Å²) in [6.45, 7) is 4.61. The summed E-state index contributed by atoms with van der Waals surface area (Å²) in [6, 6.07) is 13.6. The molecule has 7 nitrogen and oxygen atoms in total. The van der Waals surface area contributed by atoms with E-state index in [1.165, 1.54) is 17.3 Å². The number of rotatable bonds is 11. The lowest BCUT2D eigenvalue weighted by Crippen LogP contribution is -2.14. The lowest BCUT2D eigenvalue weighted by Gasteiger charge is -2.08. The van der Waals surface area contributed by atoms with E-state index in [0.29, 0.717) is 6.61 Å². The number of carbonyl (C=O) groups is 1. The summed E-state index contributed by atoms with van der Waals surface area (Å²) in [4.78, 5) is 12.3. The lowest BCUT2D eigenvalue weighted by molar-refractivity contribution is -0.113. The van der Waals surface area contributed by atoms with Gasteiger partial charge in [0, 0.05) is 19.2 Å². The third-order valence-corrected chi connectivity index (χ3v) is 6.05. The van der Waals surface area contributed by atoms with E-state index in [-0.39, 0.29) is 11.7 Å². The number of carbonyl (C=O) groups excluding carboxylic acids is 1. The van der Waals surface area contributed by atoms with Gasteiger partial charge in [-0.15, -0.1) is 10.2 Å². The Kier molecular flexibility index (Phi) is 8.56. The van der Waals surface area contributed by atoms with Crippen molar-refractivity contribution in [3.8, 4) is 11.5 Å². The highest BCUT2D eigenvalue weighted by Crippen LogP contribution is 2.21. The molecule has 0 fully saturated rings. The molecule has 170 valence electrons. The molecular formula is C24H30N4O3S. The van der Waals surface area contributed by atoms with Gasteiger partial charge in [-0.3, -0.25) is 4.79 Å². The highest BCUT2D eigenvalue weighted by Gasteiger charge is 2.12. The molecule has 1 aromatic heterocycles. The highest BCUT2D eigenvalue weighted by atomic mass is 32.2. The van der Waals surface area contributed by atoms with E-state index in [9.17, 15) is 4.79 Å². The van der Waals surface area contributed by atoms with E-state index in [0.717, 1.165) is 53.0 Å². The Morgan fingerprint density at radius 1 is 1.12 bits per heavy atom. The van der Waals surface area contributed by atoms with Crippen molar-refractivity contribution in [1.29, 1.82) is 0 Å². The van der Waals surface area contributed by atoms with E-state index in [1.807, 2.05) is 48.9 Å². The third kappa shape index (κ3) is 6.50. The molecule has 3 rings (SSSR count). The molecule has 0 atom stereocenters. The second kappa shape index (κ2) is 11.6. The second-order valence-corrected chi connectivity index (χ2v) is 8.35. The Bertz CT molecular complexity index is 1030. The predicted molar refractivity (Wildman–Crippen MR) is 128 cm³/mol. The number of aryl methyl sites for hydroxylation is 3. The van der Waals surface area contributed by atoms with E-state index < -0.39 is 0 Å². The minimum Gasteiger partial charge on any atom is -0.496 e. The molecule has 32 heavy (non-hydrogen) atoms. The van der Waals surface area contributed by atoms with Crippen LogP contribution in [0.3, 0.4) is 0 Å². The second-order valence-electron chi connectivity index (χ2n) is 7.41. The first kappa shape index (κ1) is 23.7. The Balaban J connectivity index is 1.45. The SMILES string of the molecule is CCOc1ccc(NC(=O)CSc2nnc(CCCc3ccc(OC)c(C)c3)n2C)cc1. The minimum absolute atomic E-state index is 0.0846. The van der Waals surface area contributed by atoms with Crippen LogP contribution in [-0.4, -0.2) is 40.1 Å². The molecule has 0 unspecified atom stereocenters. The summed E-state index contributed by atoms with van der Waals surface area (Å²) in [6.07, 6.45) is 2.76. The maximum absolute atomic E-state index is 12.3. The molecule has 0 saturated carbocycles. The number of aromatic nitrogens is 3. The number of amides is 1. The van der Waals surface area contributed by atoms with Crippen molar-refractivity contribution < 1.29 is 14.3 Å². The molecule has 0 radical (unpaired) electrons. The predicted octanol–water partition coefficient (Wildman–Crippen LogP) is 4.44. The van der Waals surface area contributed by atoms with Crippen LogP contribution >= 0.6 is 11.8 Å². The van der Waals surface area contributed by atoms with Gasteiger partial charge in [0.25, 0.3) is 0 Å². The first-order valence-electron chi connectivity index (χ1n) is 10.7. The van der Waals surface area contributed by atoms with Crippen LogP contribution < -0.4 is 14.8 Å². The van der Waals surface area contributed by atoms with E-state index >= 15 is 0 Å². The molecule has 0 aliphatic carbocycles. The molecule has 2 aromatic carbocycles. The van der Waals surface area contributed by atoms with Gasteiger partial charge in [0.2, 0.25) is 5.91 Å². The quantitative estimate of drug-likeness (QED) is 0.432. The van der Waals surface area contributed by atoms with Crippen molar-refractivity contribution in [2.24, 2.45) is 7.05 Å². The maximum Gasteiger partial charge on any atom is 0.234 e. The first-order valence-corrected chi connectivity index (χ1v) is 11.7. The summed E-state index contributed by atoms with van der Waals surface area (Å²) in [7, 11) is 3.63. The zero-order valence-electron chi connectivity index (χ0n) is 19.1. The number of methoxy groups -OCH3 is 1. The van der Waals surface area contributed by atoms with Gasteiger partial charge in [0.15, 0.2) is 5.16 Å².